The number of nitrogens with zero attached hydrogens (tertiary/aromatic N) is 1. The SMILES string of the molecule is [CH3-].[Cl][Ru+3].[NH-]C(c1ccccc1)C([N-]S(=O)(=O)Cc1ccc(Oc2ccccc2)cc1)c1ccccc1. The van der Waals surface area contributed by atoms with Crippen LogP contribution in [0.1, 0.15) is 28.8 Å². The summed E-state index contributed by atoms with van der Waals surface area (Å²) in [5.41, 5.74) is 10.7. The standard InChI is InChI=1S/C27H24N2O3S.CH3.ClH.Ru/c28-26(22-10-4-1-5-11-22)27(23-12-6-2-7-13-23)29-33(30,31)20-21-16-18-25(19-17-21)32-24-14-8-3-9-15-24;;;/h1-19,26-28H,20H2;1H3;1H;/q-2;-1;;+4/p-1. The van der Waals surface area contributed by atoms with E-state index in [1.54, 1.807) is 24.3 Å². The van der Waals surface area contributed by atoms with E-state index >= 15 is 0 Å². The van der Waals surface area contributed by atoms with Gasteiger partial charge in [-0.3, -0.25) is 0 Å². The van der Waals surface area contributed by atoms with Crippen molar-refractivity contribution in [3.63, 3.8) is 0 Å². The first-order valence-corrected chi connectivity index (χ1v) is 14.6. The number of hydrogen-bond donors (Lipinski definition) is 0. The molecule has 0 aliphatic heterocycles. The van der Waals surface area contributed by atoms with Crippen LogP contribution in [0.5, 0.6) is 11.5 Å². The normalized spacial score (nSPS) is 12.3. The van der Waals surface area contributed by atoms with Gasteiger partial charge in [-0.2, -0.15) is 0 Å². The van der Waals surface area contributed by atoms with Crippen LogP contribution in [-0.2, 0) is 33.1 Å². The van der Waals surface area contributed by atoms with E-state index in [-0.39, 0.29) is 13.2 Å². The molecule has 0 aliphatic rings. The molecule has 2 unspecified atom stereocenters. The molecule has 4 aromatic carbocycles. The van der Waals surface area contributed by atoms with E-state index in [0.29, 0.717) is 28.2 Å². The molecule has 4 rings (SSSR count). The summed E-state index contributed by atoms with van der Waals surface area (Å²) in [6.45, 7) is 0. The molecule has 0 saturated heterocycles. The fraction of sp³-hybridized carbons (Fsp3) is 0.107. The predicted octanol–water partition coefficient (Wildman–Crippen LogP) is 8.35. The molecular weight excluding hydrogens is 581 g/mol. The van der Waals surface area contributed by atoms with Crippen LogP contribution in [0.25, 0.3) is 10.5 Å². The second-order valence-electron chi connectivity index (χ2n) is 7.63. The van der Waals surface area contributed by atoms with E-state index in [4.69, 9.17) is 10.5 Å². The van der Waals surface area contributed by atoms with Crippen molar-refractivity contribution in [2.45, 2.75) is 17.8 Å². The molecule has 0 bridgehead atoms. The van der Waals surface area contributed by atoms with Crippen molar-refractivity contribution in [3.8, 4) is 11.5 Å². The van der Waals surface area contributed by atoms with Crippen molar-refractivity contribution < 1.29 is 30.5 Å². The Labute approximate surface area is 228 Å². The molecule has 5 nitrogen and oxygen atoms in total. The Morgan fingerprint density at radius 2 is 1.17 bits per heavy atom. The minimum Gasteiger partial charge on any atom is -0.672 e. The number of hydrogen-bond acceptors (Lipinski definition) is 3. The monoisotopic (exact) mass is 608 g/mol. The van der Waals surface area contributed by atoms with Crippen molar-refractivity contribution in [2.75, 3.05) is 0 Å². The van der Waals surface area contributed by atoms with Crippen LogP contribution in [0, 0.1) is 7.43 Å². The van der Waals surface area contributed by atoms with Gasteiger partial charge in [0.15, 0.2) is 0 Å². The van der Waals surface area contributed by atoms with Gasteiger partial charge in [-0.05, 0) is 29.8 Å². The molecule has 0 amide bonds. The summed E-state index contributed by atoms with van der Waals surface area (Å²) in [7, 11) is 0.726. The van der Waals surface area contributed by atoms with Gasteiger partial charge in [-0.25, -0.2) is 8.42 Å². The molecule has 0 spiro atoms. The van der Waals surface area contributed by atoms with Crippen LogP contribution in [0.3, 0.4) is 0 Å². The van der Waals surface area contributed by atoms with Crippen LogP contribution in [-0.4, -0.2) is 8.42 Å². The Kier molecular flexibility index (Phi) is 12.3. The van der Waals surface area contributed by atoms with Crippen molar-refractivity contribution in [3.05, 3.63) is 150 Å². The molecule has 0 aromatic heterocycles. The molecule has 0 saturated carbocycles. The maximum absolute atomic E-state index is 13.0. The van der Waals surface area contributed by atoms with Crippen LogP contribution >= 0.6 is 9.69 Å². The first-order chi connectivity index (χ1) is 17.0. The largest absolute Gasteiger partial charge is 0.672 e. The molecular formula is C28H27ClN2O3RuS. The van der Waals surface area contributed by atoms with Gasteiger partial charge in [0.25, 0.3) is 0 Å². The van der Waals surface area contributed by atoms with Crippen molar-refractivity contribution >= 4 is 19.7 Å². The Hall–Kier alpha value is -2.54. The zero-order chi connectivity index (χ0) is 25.1. The van der Waals surface area contributed by atoms with Crippen molar-refractivity contribution in [1.29, 1.82) is 0 Å². The minimum atomic E-state index is -3.84. The topological polar surface area (TPSA) is 81.3 Å². The number of ether oxygens (including phenoxy) is 1. The van der Waals surface area contributed by atoms with E-state index in [0.717, 1.165) is 0 Å². The van der Waals surface area contributed by atoms with E-state index in [9.17, 15) is 8.42 Å². The van der Waals surface area contributed by atoms with Gasteiger partial charge < -0.3 is 22.6 Å². The Bertz CT molecular complexity index is 1260. The molecule has 4 aromatic rings. The number of benzene rings is 4. The number of para-hydroxylation sites is 1. The number of rotatable bonds is 9. The smallest absolute Gasteiger partial charge is 0.127 e. The molecule has 0 aliphatic carbocycles. The summed E-state index contributed by atoms with van der Waals surface area (Å²) < 4.78 is 36.0. The molecule has 1 N–H and O–H groups in total. The summed E-state index contributed by atoms with van der Waals surface area (Å²) in [6.07, 6.45) is 0. The Morgan fingerprint density at radius 3 is 1.69 bits per heavy atom. The van der Waals surface area contributed by atoms with E-state index in [2.05, 4.69) is 14.4 Å². The Morgan fingerprint density at radius 1 is 0.722 bits per heavy atom. The molecule has 8 heteroatoms. The number of sulfonamides is 1. The average molecular weight is 608 g/mol. The Balaban J connectivity index is 0.00000148. The number of halogens is 1. The van der Waals surface area contributed by atoms with Crippen LogP contribution < -0.4 is 4.74 Å². The fourth-order valence-corrected chi connectivity index (χ4v) is 4.78. The van der Waals surface area contributed by atoms with Gasteiger partial charge in [0.2, 0.25) is 0 Å². The van der Waals surface area contributed by atoms with Crippen molar-refractivity contribution in [2.24, 2.45) is 0 Å². The predicted molar refractivity (Wildman–Crippen MR) is 144 cm³/mol. The molecule has 2 atom stereocenters. The van der Waals surface area contributed by atoms with E-state index in [1.165, 1.54) is 0 Å². The van der Waals surface area contributed by atoms with Gasteiger partial charge in [-0.15, -0.1) is 12.1 Å². The van der Waals surface area contributed by atoms with Gasteiger partial charge in [0, 0.05) is 0 Å². The van der Waals surface area contributed by atoms with Crippen molar-refractivity contribution in [1.82, 2.24) is 0 Å². The maximum Gasteiger partial charge on any atom is 0.127 e. The minimum absolute atomic E-state index is 0. The molecule has 0 heterocycles. The fourth-order valence-electron chi connectivity index (χ4n) is 3.51. The second-order valence-corrected chi connectivity index (χ2v) is 9.30. The zero-order valence-corrected chi connectivity index (χ0v) is 23.0. The van der Waals surface area contributed by atoms with Gasteiger partial charge >= 0.3 is 27.0 Å². The molecule has 36 heavy (non-hydrogen) atoms. The zero-order valence-electron chi connectivity index (χ0n) is 19.6. The summed E-state index contributed by atoms with van der Waals surface area (Å²) in [6, 6.07) is 32.9. The number of nitrogens with one attached hydrogen (secondary N) is 1. The van der Waals surface area contributed by atoms with Gasteiger partial charge in [0.05, 0.1) is 15.8 Å². The third kappa shape index (κ3) is 8.84. The first-order valence-electron chi connectivity index (χ1n) is 10.7. The second kappa shape index (κ2) is 14.9. The van der Waals surface area contributed by atoms with Crippen LogP contribution in [0.2, 0.25) is 0 Å². The van der Waals surface area contributed by atoms with Gasteiger partial charge in [0.1, 0.15) is 11.5 Å². The molecule has 0 fully saturated rings. The molecule has 188 valence electrons. The third-order valence-electron chi connectivity index (χ3n) is 5.14. The summed E-state index contributed by atoms with van der Waals surface area (Å²) in [5, 5.41) is 0. The van der Waals surface area contributed by atoms with E-state index in [1.807, 2.05) is 108 Å². The summed E-state index contributed by atoms with van der Waals surface area (Å²) >= 11 is 1.82. The van der Waals surface area contributed by atoms with Gasteiger partial charge in [-0.1, -0.05) is 102 Å². The average Bonchev–Trinajstić information content (AvgIpc) is 2.91. The molecule has 0 radical (unpaired) electrons. The van der Waals surface area contributed by atoms with Crippen LogP contribution in [0.15, 0.2) is 115 Å². The maximum atomic E-state index is 13.0. The van der Waals surface area contributed by atoms with Crippen LogP contribution in [0.4, 0.5) is 0 Å². The summed E-state index contributed by atoms with van der Waals surface area (Å²) in [4.78, 5) is 0. The quantitative estimate of drug-likeness (QED) is 0.142. The third-order valence-corrected chi connectivity index (χ3v) is 6.39. The summed E-state index contributed by atoms with van der Waals surface area (Å²) in [5.74, 6) is 1.08. The first kappa shape index (κ1) is 29.7. The van der Waals surface area contributed by atoms with E-state index < -0.39 is 22.1 Å².